The highest BCUT2D eigenvalue weighted by Crippen LogP contribution is 2.25. The number of allylic oxidation sites excluding steroid dienone is 1. The van der Waals surface area contributed by atoms with Crippen molar-refractivity contribution in [2.45, 2.75) is 44.8 Å². The lowest BCUT2D eigenvalue weighted by Gasteiger charge is -2.21. The van der Waals surface area contributed by atoms with Gasteiger partial charge in [-0.1, -0.05) is 6.08 Å². The zero-order valence-electron chi connectivity index (χ0n) is 10.7. The molecule has 1 aromatic carbocycles. The van der Waals surface area contributed by atoms with Gasteiger partial charge in [0.25, 0.3) is 0 Å². The smallest absolute Gasteiger partial charge is 0.123 e. The summed E-state index contributed by atoms with van der Waals surface area (Å²) in [5.41, 5.74) is 6.64. The van der Waals surface area contributed by atoms with Crippen LogP contribution in [0.3, 0.4) is 0 Å². The van der Waals surface area contributed by atoms with Crippen LogP contribution in [-0.4, -0.2) is 12.1 Å². The lowest BCUT2D eigenvalue weighted by Crippen LogP contribution is -2.20. The maximum Gasteiger partial charge on any atom is 0.123 e. The predicted octanol–water partition coefficient (Wildman–Crippen LogP) is 3.20. The van der Waals surface area contributed by atoms with Gasteiger partial charge < -0.3 is 10.5 Å². The minimum Gasteiger partial charge on any atom is -0.486 e. The molecule has 0 amide bonds. The van der Waals surface area contributed by atoms with E-state index in [0.29, 0.717) is 6.42 Å². The molecule has 0 aromatic heterocycles. The first-order chi connectivity index (χ1) is 8.65. The Labute approximate surface area is 108 Å². The van der Waals surface area contributed by atoms with Gasteiger partial charge in [0, 0.05) is 6.04 Å². The Balaban J connectivity index is 2.15. The molecular formula is C15H20FNO. The first kappa shape index (κ1) is 13.1. The summed E-state index contributed by atoms with van der Waals surface area (Å²) in [4.78, 5) is 0. The van der Waals surface area contributed by atoms with Crippen molar-refractivity contribution in [3.05, 3.63) is 41.7 Å². The van der Waals surface area contributed by atoms with Crippen LogP contribution >= 0.6 is 0 Å². The number of benzene rings is 1. The van der Waals surface area contributed by atoms with Gasteiger partial charge in [0.1, 0.15) is 17.7 Å². The summed E-state index contributed by atoms with van der Waals surface area (Å²) in [6.45, 7) is 1.91. The Morgan fingerprint density at radius 2 is 2.33 bits per heavy atom. The fourth-order valence-electron chi connectivity index (χ4n) is 2.21. The van der Waals surface area contributed by atoms with E-state index in [-0.39, 0.29) is 18.0 Å². The summed E-state index contributed by atoms with van der Waals surface area (Å²) in [7, 11) is 0. The highest BCUT2D eigenvalue weighted by molar-refractivity contribution is 5.35. The number of rotatable bonds is 4. The van der Waals surface area contributed by atoms with Gasteiger partial charge in [-0.05, 0) is 62.4 Å². The van der Waals surface area contributed by atoms with Crippen molar-refractivity contribution in [2.75, 3.05) is 0 Å². The first-order valence-corrected chi connectivity index (χ1v) is 6.52. The second-order valence-electron chi connectivity index (χ2n) is 4.95. The van der Waals surface area contributed by atoms with Gasteiger partial charge in [-0.3, -0.25) is 0 Å². The number of halogens is 1. The van der Waals surface area contributed by atoms with Crippen molar-refractivity contribution in [2.24, 2.45) is 5.73 Å². The average molecular weight is 249 g/mol. The van der Waals surface area contributed by atoms with Gasteiger partial charge >= 0.3 is 0 Å². The molecule has 0 radical (unpaired) electrons. The Hall–Kier alpha value is -1.35. The van der Waals surface area contributed by atoms with Gasteiger partial charge in [-0.25, -0.2) is 4.39 Å². The van der Waals surface area contributed by atoms with E-state index < -0.39 is 0 Å². The molecule has 0 saturated heterocycles. The average Bonchev–Trinajstić information content (AvgIpc) is 2.33. The van der Waals surface area contributed by atoms with Crippen molar-refractivity contribution < 1.29 is 9.13 Å². The van der Waals surface area contributed by atoms with Crippen molar-refractivity contribution in [3.63, 3.8) is 0 Å². The Bertz CT molecular complexity index is 429. The number of hydrogen-bond acceptors (Lipinski definition) is 2. The van der Waals surface area contributed by atoms with E-state index in [1.54, 1.807) is 6.07 Å². The fraction of sp³-hybridized carbons (Fsp3) is 0.467. The van der Waals surface area contributed by atoms with E-state index in [1.807, 2.05) is 6.92 Å². The van der Waals surface area contributed by atoms with E-state index in [4.69, 9.17) is 10.5 Å². The lowest BCUT2D eigenvalue weighted by atomic mass is 10.0. The van der Waals surface area contributed by atoms with E-state index >= 15 is 0 Å². The standard InChI is InChI=1S/C15H20FNO/c1-11(17)9-12-10-13(16)7-8-15(12)18-14-5-3-2-4-6-14/h3,5,7-8,10-11,14H,2,4,6,9,17H2,1H3. The van der Waals surface area contributed by atoms with Crippen LogP contribution in [-0.2, 0) is 6.42 Å². The molecule has 1 aliphatic carbocycles. The first-order valence-electron chi connectivity index (χ1n) is 6.52. The maximum absolute atomic E-state index is 13.3. The van der Waals surface area contributed by atoms with Crippen molar-refractivity contribution >= 4 is 0 Å². The zero-order valence-corrected chi connectivity index (χ0v) is 10.7. The third-order valence-corrected chi connectivity index (χ3v) is 3.05. The molecule has 2 nitrogen and oxygen atoms in total. The van der Waals surface area contributed by atoms with Crippen LogP contribution in [0.1, 0.15) is 31.7 Å². The third kappa shape index (κ3) is 3.57. The summed E-state index contributed by atoms with van der Waals surface area (Å²) in [5, 5.41) is 0. The van der Waals surface area contributed by atoms with Gasteiger partial charge in [0.05, 0.1) is 0 Å². The molecule has 0 aliphatic heterocycles. The molecule has 0 heterocycles. The van der Waals surface area contributed by atoms with Gasteiger partial charge in [0.15, 0.2) is 0 Å². The number of nitrogens with two attached hydrogens (primary N) is 1. The molecule has 2 rings (SSSR count). The maximum atomic E-state index is 13.3. The Morgan fingerprint density at radius 1 is 1.50 bits per heavy atom. The van der Waals surface area contributed by atoms with Crippen molar-refractivity contribution in [1.29, 1.82) is 0 Å². The summed E-state index contributed by atoms with van der Waals surface area (Å²) in [6.07, 6.45) is 8.25. The predicted molar refractivity (Wildman–Crippen MR) is 71.2 cm³/mol. The summed E-state index contributed by atoms with van der Waals surface area (Å²) < 4.78 is 19.2. The molecule has 2 N–H and O–H groups in total. The van der Waals surface area contributed by atoms with E-state index in [9.17, 15) is 4.39 Å². The molecule has 2 unspecified atom stereocenters. The molecule has 0 fully saturated rings. The van der Waals surface area contributed by atoms with Crippen LogP contribution in [0.4, 0.5) is 4.39 Å². The zero-order chi connectivity index (χ0) is 13.0. The van der Waals surface area contributed by atoms with Crippen LogP contribution in [0.2, 0.25) is 0 Å². The van der Waals surface area contributed by atoms with E-state index in [0.717, 1.165) is 30.6 Å². The molecule has 98 valence electrons. The van der Waals surface area contributed by atoms with Gasteiger partial charge in [-0.15, -0.1) is 0 Å². The van der Waals surface area contributed by atoms with E-state index in [1.165, 1.54) is 12.1 Å². The molecule has 18 heavy (non-hydrogen) atoms. The Kier molecular flexibility index (Phi) is 4.37. The van der Waals surface area contributed by atoms with Crippen molar-refractivity contribution in [3.8, 4) is 5.75 Å². The van der Waals surface area contributed by atoms with Crippen LogP contribution < -0.4 is 10.5 Å². The second-order valence-corrected chi connectivity index (χ2v) is 4.95. The quantitative estimate of drug-likeness (QED) is 0.832. The van der Waals surface area contributed by atoms with Crippen LogP contribution in [0.15, 0.2) is 30.4 Å². The minimum absolute atomic E-state index is 0.00366. The van der Waals surface area contributed by atoms with E-state index in [2.05, 4.69) is 12.2 Å². The SMILES string of the molecule is CC(N)Cc1cc(F)ccc1OC1C=CCCC1. The summed E-state index contributed by atoms with van der Waals surface area (Å²) >= 11 is 0. The molecule has 2 atom stereocenters. The van der Waals surface area contributed by atoms with Gasteiger partial charge in [0.2, 0.25) is 0 Å². The molecule has 0 bridgehead atoms. The number of hydrogen-bond donors (Lipinski definition) is 1. The fourth-order valence-corrected chi connectivity index (χ4v) is 2.21. The minimum atomic E-state index is -0.239. The molecular weight excluding hydrogens is 229 g/mol. The topological polar surface area (TPSA) is 35.2 Å². The summed E-state index contributed by atoms with van der Waals surface area (Å²) in [6, 6.07) is 4.66. The molecule has 1 aliphatic rings. The monoisotopic (exact) mass is 249 g/mol. The van der Waals surface area contributed by atoms with Gasteiger partial charge in [-0.2, -0.15) is 0 Å². The molecule has 0 spiro atoms. The summed E-state index contributed by atoms with van der Waals surface area (Å²) in [5.74, 6) is 0.516. The highest BCUT2D eigenvalue weighted by Gasteiger charge is 2.13. The molecule has 0 saturated carbocycles. The van der Waals surface area contributed by atoms with Crippen LogP contribution in [0.5, 0.6) is 5.75 Å². The lowest BCUT2D eigenvalue weighted by molar-refractivity contribution is 0.227. The molecule has 1 aromatic rings. The van der Waals surface area contributed by atoms with Crippen molar-refractivity contribution in [1.82, 2.24) is 0 Å². The van der Waals surface area contributed by atoms with Crippen LogP contribution in [0, 0.1) is 5.82 Å². The third-order valence-electron chi connectivity index (χ3n) is 3.05. The molecule has 3 heteroatoms. The Morgan fingerprint density at radius 3 is 3.00 bits per heavy atom. The largest absolute Gasteiger partial charge is 0.486 e. The normalized spacial score (nSPS) is 20.7. The van der Waals surface area contributed by atoms with Crippen LogP contribution in [0.25, 0.3) is 0 Å². The highest BCUT2D eigenvalue weighted by atomic mass is 19.1. The second kappa shape index (κ2) is 6.01. The number of ether oxygens (including phenoxy) is 1.